The Morgan fingerprint density at radius 3 is 2.58 bits per heavy atom. The summed E-state index contributed by atoms with van der Waals surface area (Å²) in [7, 11) is 0. The summed E-state index contributed by atoms with van der Waals surface area (Å²) in [5, 5.41) is 0. The van der Waals surface area contributed by atoms with Crippen LogP contribution in [0, 0.1) is 12.3 Å². The summed E-state index contributed by atoms with van der Waals surface area (Å²) in [6.07, 6.45) is 5.90. The van der Waals surface area contributed by atoms with Crippen LogP contribution in [0.4, 0.5) is 4.79 Å². The number of amides is 1. The molecule has 1 aromatic rings. The van der Waals surface area contributed by atoms with E-state index in [4.69, 9.17) is 11.2 Å². The number of carbonyl (C=O) groups excluding carboxylic acids is 1. The minimum atomic E-state index is -0.507. The molecule has 0 radical (unpaired) electrons. The van der Waals surface area contributed by atoms with E-state index in [1.165, 1.54) is 5.56 Å². The Morgan fingerprint density at radius 1 is 1.37 bits per heavy atom. The summed E-state index contributed by atoms with van der Waals surface area (Å²) < 4.78 is 5.42. The first-order valence-corrected chi connectivity index (χ1v) is 6.43. The molecule has 1 heterocycles. The molecule has 1 aliphatic rings. The molecular formula is C16H19NO2. The van der Waals surface area contributed by atoms with E-state index in [0.717, 1.165) is 5.56 Å². The molecule has 0 bridgehead atoms. The lowest BCUT2D eigenvalue weighted by Crippen LogP contribution is -2.45. The highest BCUT2D eigenvalue weighted by Crippen LogP contribution is 2.24. The molecule has 0 unspecified atom stereocenters. The lowest BCUT2D eigenvalue weighted by atomic mass is 9.95. The topological polar surface area (TPSA) is 29.5 Å². The second-order valence-corrected chi connectivity index (χ2v) is 5.76. The van der Waals surface area contributed by atoms with E-state index in [-0.39, 0.29) is 12.1 Å². The zero-order valence-electron chi connectivity index (χ0n) is 11.6. The lowest BCUT2D eigenvalue weighted by molar-refractivity contribution is 0.0172. The van der Waals surface area contributed by atoms with Crippen LogP contribution in [0.2, 0.25) is 0 Å². The van der Waals surface area contributed by atoms with E-state index < -0.39 is 5.60 Å². The van der Waals surface area contributed by atoms with Crippen LogP contribution < -0.4 is 0 Å². The van der Waals surface area contributed by atoms with Crippen molar-refractivity contribution < 1.29 is 9.53 Å². The van der Waals surface area contributed by atoms with Crippen LogP contribution in [-0.4, -0.2) is 22.6 Å². The van der Waals surface area contributed by atoms with Gasteiger partial charge in [-0.25, -0.2) is 4.79 Å². The first-order chi connectivity index (χ1) is 8.90. The van der Waals surface area contributed by atoms with Gasteiger partial charge in [-0.2, -0.15) is 0 Å². The highest BCUT2D eigenvalue weighted by Gasteiger charge is 2.31. The van der Waals surface area contributed by atoms with Gasteiger partial charge in [0.05, 0.1) is 6.54 Å². The monoisotopic (exact) mass is 257 g/mol. The number of ether oxygens (including phenoxy) is 1. The zero-order valence-corrected chi connectivity index (χ0v) is 11.6. The number of nitrogens with zero attached hydrogens (tertiary/aromatic N) is 1. The minimum Gasteiger partial charge on any atom is -0.444 e. The average molecular weight is 257 g/mol. The first-order valence-electron chi connectivity index (χ1n) is 6.43. The van der Waals surface area contributed by atoms with Crippen molar-refractivity contribution in [1.82, 2.24) is 4.90 Å². The van der Waals surface area contributed by atoms with E-state index in [2.05, 4.69) is 12.0 Å². The van der Waals surface area contributed by atoms with Crippen LogP contribution in [0.1, 0.15) is 31.9 Å². The van der Waals surface area contributed by atoms with Gasteiger partial charge in [-0.05, 0) is 31.9 Å². The predicted molar refractivity (Wildman–Crippen MR) is 74.5 cm³/mol. The van der Waals surface area contributed by atoms with Crippen LogP contribution >= 0.6 is 0 Å². The van der Waals surface area contributed by atoms with Crippen molar-refractivity contribution in [3.05, 3.63) is 35.4 Å². The summed E-state index contributed by atoms with van der Waals surface area (Å²) in [4.78, 5) is 13.8. The summed E-state index contributed by atoms with van der Waals surface area (Å²) in [6, 6.07) is 7.83. The van der Waals surface area contributed by atoms with E-state index in [1.807, 2.05) is 39.0 Å². The molecule has 0 saturated heterocycles. The second kappa shape index (κ2) is 4.97. The molecule has 3 nitrogen and oxygen atoms in total. The Hall–Kier alpha value is -1.95. The van der Waals surface area contributed by atoms with Gasteiger partial charge in [0, 0.05) is 6.42 Å². The third-order valence-electron chi connectivity index (χ3n) is 3.07. The molecular weight excluding hydrogens is 238 g/mol. The van der Waals surface area contributed by atoms with Crippen molar-refractivity contribution in [2.75, 3.05) is 0 Å². The van der Waals surface area contributed by atoms with Crippen LogP contribution in [0.3, 0.4) is 0 Å². The number of terminal acetylenes is 1. The van der Waals surface area contributed by atoms with E-state index in [0.29, 0.717) is 13.0 Å². The summed E-state index contributed by atoms with van der Waals surface area (Å²) in [5.74, 6) is 2.69. The molecule has 0 aliphatic carbocycles. The standard InChI is InChI=1S/C16H19NO2/c1-5-14-10-12-8-6-7-9-13(12)11-17(14)15(18)19-16(2,3)4/h1,6-9,14H,10-11H2,2-4H3/t14-/m1/s1. The predicted octanol–water partition coefficient (Wildman–Crippen LogP) is 2.98. The Labute approximate surface area is 114 Å². The van der Waals surface area contributed by atoms with Crippen molar-refractivity contribution in [1.29, 1.82) is 0 Å². The van der Waals surface area contributed by atoms with Gasteiger partial charge < -0.3 is 4.74 Å². The van der Waals surface area contributed by atoms with E-state index >= 15 is 0 Å². The lowest BCUT2D eigenvalue weighted by Gasteiger charge is -2.35. The van der Waals surface area contributed by atoms with Gasteiger partial charge in [-0.3, -0.25) is 4.90 Å². The van der Waals surface area contributed by atoms with Crippen LogP contribution in [0.5, 0.6) is 0 Å². The Balaban J connectivity index is 2.22. The average Bonchev–Trinajstić information content (AvgIpc) is 2.35. The fraction of sp³-hybridized carbons (Fsp3) is 0.438. The molecule has 1 amide bonds. The smallest absolute Gasteiger partial charge is 0.411 e. The molecule has 0 saturated carbocycles. The molecule has 100 valence electrons. The number of carbonyl (C=O) groups is 1. The number of rotatable bonds is 0. The third kappa shape index (κ3) is 3.08. The van der Waals surface area contributed by atoms with Crippen LogP contribution in [0.15, 0.2) is 24.3 Å². The first kappa shape index (κ1) is 13.5. The summed E-state index contributed by atoms with van der Waals surface area (Å²) in [5.41, 5.74) is 1.85. The Morgan fingerprint density at radius 2 is 2.00 bits per heavy atom. The van der Waals surface area contributed by atoms with Gasteiger partial charge in [0.1, 0.15) is 11.6 Å². The van der Waals surface area contributed by atoms with Gasteiger partial charge in [-0.15, -0.1) is 6.42 Å². The van der Waals surface area contributed by atoms with Gasteiger partial charge in [0.2, 0.25) is 0 Å². The van der Waals surface area contributed by atoms with Crippen LogP contribution in [-0.2, 0) is 17.7 Å². The maximum Gasteiger partial charge on any atom is 0.411 e. The fourth-order valence-electron chi connectivity index (χ4n) is 2.18. The minimum absolute atomic E-state index is 0.232. The molecule has 0 N–H and O–H groups in total. The van der Waals surface area contributed by atoms with E-state index in [9.17, 15) is 4.79 Å². The molecule has 1 aliphatic heterocycles. The molecule has 0 spiro atoms. The van der Waals surface area contributed by atoms with Gasteiger partial charge in [0.25, 0.3) is 0 Å². The molecule has 1 aromatic carbocycles. The number of fused-ring (bicyclic) bond motifs is 1. The quantitative estimate of drug-likeness (QED) is 0.669. The molecule has 1 atom stereocenters. The maximum atomic E-state index is 12.2. The van der Waals surface area contributed by atoms with Gasteiger partial charge in [0.15, 0.2) is 0 Å². The van der Waals surface area contributed by atoms with Crippen molar-refractivity contribution >= 4 is 6.09 Å². The summed E-state index contributed by atoms with van der Waals surface area (Å²) in [6.45, 7) is 6.08. The van der Waals surface area contributed by atoms with Crippen LogP contribution in [0.25, 0.3) is 0 Å². The van der Waals surface area contributed by atoms with Crippen molar-refractivity contribution in [2.45, 2.75) is 45.4 Å². The highest BCUT2D eigenvalue weighted by atomic mass is 16.6. The van der Waals surface area contributed by atoms with Crippen molar-refractivity contribution in [2.24, 2.45) is 0 Å². The SMILES string of the molecule is C#C[C@@H]1Cc2ccccc2CN1C(=O)OC(C)(C)C. The summed E-state index contributed by atoms with van der Waals surface area (Å²) >= 11 is 0. The van der Waals surface area contributed by atoms with Crippen molar-refractivity contribution in [3.8, 4) is 12.3 Å². The molecule has 3 heteroatoms. The number of hydrogen-bond acceptors (Lipinski definition) is 2. The maximum absolute atomic E-state index is 12.2. The van der Waals surface area contributed by atoms with E-state index in [1.54, 1.807) is 4.90 Å². The largest absolute Gasteiger partial charge is 0.444 e. The number of benzene rings is 1. The zero-order chi connectivity index (χ0) is 14.0. The van der Waals surface area contributed by atoms with Gasteiger partial charge in [-0.1, -0.05) is 30.2 Å². The molecule has 19 heavy (non-hydrogen) atoms. The normalized spacial score (nSPS) is 18.4. The molecule has 0 fully saturated rings. The second-order valence-electron chi connectivity index (χ2n) is 5.76. The molecule has 0 aromatic heterocycles. The number of hydrogen-bond donors (Lipinski definition) is 0. The highest BCUT2D eigenvalue weighted by molar-refractivity contribution is 5.70. The Bertz CT molecular complexity index is 522. The third-order valence-corrected chi connectivity index (χ3v) is 3.07. The van der Waals surface area contributed by atoms with Gasteiger partial charge >= 0.3 is 6.09 Å². The Kier molecular flexibility index (Phi) is 3.53. The fourth-order valence-corrected chi connectivity index (χ4v) is 2.18. The molecule has 2 rings (SSSR count). The van der Waals surface area contributed by atoms with Crippen molar-refractivity contribution in [3.63, 3.8) is 0 Å².